The molecule has 0 spiro atoms. The quantitative estimate of drug-likeness (QED) is 0.793. The summed E-state index contributed by atoms with van der Waals surface area (Å²) >= 11 is 0. The van der Waals surface area contributed by atoms with Gasteiger partial charge in [0.15, 0.2) is 0 Å². The molecule has 0 fully saturated rings. The lowest BCUT2D eigenvalue weighted by Gasteiger charge is -2.15. The van der Waals surface area contributed by atoms with Gasteiger partial charge in [0.25, 0.3) is 0 Å². The van der Waals surface area contributed by atoms with Gasteiger partial charge in [-0.3, -0.25) is 10.3 Å². The van der Waals surface area contributed by atoms with Gasteiger partial charge >= 0.3 is 0 Å². The Morgan fingerprint density at radius 3 is 2.44 bits per heavy atom. The Kier molecular flexibility index (Phi) is 4.85. The number of para-hydroxylation sites is 1. The topological polar surface area (TPSA) is 53.4 Å². The molecule has 0 aromatic heterocycles. The smallest absolute Gasteiger partial charge is 0.201 e. The second-order valence-electron chi connectivity index (χ2n) is 6.10. The molecule has 1 N–H and O–H groups in total. The van der Waals surface area contributed by atoms with Crippen LogP contribution in [0.5, 0.6) is 11.5 Å². The Bertz CT molecular complexity index is 1000. The average Bonchev–Trinajstić information content (AvgIpc) is 2.99. The third kappa shape index (κ3) is 3.83. The second kappa shape index (κ2) is 7.60. The first kappa shape index (κ1) is 17.2. The number of rotatable bonds is 4. The van der Waals surface area contributed by atoms with Crippen LogP contribution in [0.1, 0.15) is 6.42 Å². The van der Waals surface area contributed by atoms with Crippen LogP contribution in [-0.2, 0) is 10.8 Å². The Labute approximate surface area is 160 Å². The first-order chi connectivity index (χ1) is 13.2. The fourth-order valence-corrected chi connectivity index (χ4v) is 3.86. The van der Waals surface area contributed by atoms with Gasteiger partial charge in [0.1, 0.15) is 22.3 Å². The summed E-state index contributed by atoms with van der Waals surface area (Å²) in [5.74, 6) is 1.48. The minimum Gasteiger partial charge on any atom is -0.457 e. The van der Waals surface area contributed by atoms with E-state index in [0.29, 0.717) is 10.7 Å². The van der Waals surface area contributed by atoms with Crippen molar-refractivity contribution in [2.75, 3.05) is 4.90 Å². The molecule has 2 aliphatic rings. The van der Waals surface area contributed by atoms with Crippen molar-refractivity contribution in [3.8, 4) is 11.5 Å². The molecule has 5 heteroatoms. The number of amidine groups is 1. The molecule has 4 rings (SSSR count). The van der Waals surface area contributed by atoms with Crippen molar-refractivity contribution in [1.82, 2.24) is 0 Å². The summed E-state index contributed by atoms with van der Waals surface area (Å²) in [6.07, 6.45) is 12.5. The molecule has 27 heavy (non-hydrogen) atoms. The highest BCUT2D eigenvalue weighted by atomic mass is 32.2. The molecule has 1 atom stereocenters. The number of hydrogen-bond acceptors (Lipinski definition) is 3. The maximum atomic E-state index is 12.5. The Morgan fingerprint density at radius 1 is 1.00 bits per heavy atom. The minimum absolute atomic E-state index is 0.0638. The summed E-state index contributed by atoms with van der Waals surface area (Å²) in [6.45, 7) is 0. The standard InChI is InChI=1S/C22H18N2O2S/c23-22-24(16-21(27(22)25)15-17-7-3-1-4-8-17)18-11-13-20(14-12-18)26-19-9-5-2-6-10-19/h1-7,9-16,23H,8H2. The summed E-state index contributed by atoms with van der Waals surface area (Å²) in [5, 5.41) is 8.28. The lowest BCUT2D eigenvalue weighted by molar-refractivity contribution is 0.483. The van der Waals surface area contributed by atoms with Gasteiger partial charge in [0, 0.05) is 11.9 Å². The van der Waals surface area contributed by atoms with E-state index >= 15 is 0 Å². The molecule has 0 radical (unpaired) electrons. The molecule has 0 amide bonds. The summed E-state index contributed by atoms with van der Waals surface area (Å²) in [4.78, 5) is 2.29. The Hall–Kier alpha value is -3.18. The second-order valence-corrected chi connectivity index (χ2v) is 7.49. The molecule has 2 aromatic rings. The molecule has 0 bridgehead atoms. The summed E-state index contributed by atoms with van der Waals surface area (Å²) in [7, 11) is -1.47. The van der Waals surface area contributed by atoms with Crippen molar-refractivity contribution in [1.29, 1.82) is 5.41 Å². The highest BCUT2D eigenvalue weighted by molar-refractivity contribution is 8.04. The molecule has 1 unspecified atom stereocenters. The molecule has 1 aliphatic heterocycles. The lowest BCUT2D eigenvalue weighted by Crippen LogP contribution is -2.21. The third-order valence-electron chi connectivity index (χ3n) is 4.20. The van der Waals surface area contributed by atoms with Gasteiger partial charge in [-0.15, -0.1) is 0 Å². The van der Waals surface area contributed by atoms with Crippen molar-refractivity contribution in [2.24, 2.45) is 0 Å². The molecule has 2 aromatic carbocycles. The molecule has 1 aliphatic carbocycles. The number of anilines is 1. The summed E-state index contributed by atoms with van der Waals surface area (Å²) in [5.41, 5.74) is 1.86. The van der Waals surface area contributed by atoms with Gasteiger partial charge in [-0.1, -0.05) is 42.5 Å². The monoisotopic (exact) mass is 374 g/mol. The maximum Gasteiger partial charge on any atom is 0.201 e. The molecular formula is C22H18N2O2S. The first-order valence-corrected chi connectivity index (χ1v) is 9.74. The highest BCUT2D eigenvalue weighted by Gasteiger charge is 2.27. The van der Waals surface area contributed by atoms with Crippen LogP contribution in [0.3, 0.4) is 0 Å². The van der Waals surface area contributed by atoms with E-state index in [-0.39, 0.29) is 5.17 Å². The van der Waals surface area contributed by atoms with Gasteiger partial charge in [-0.05, 0) is 54.5 Å². The molecule has 4 nitrogen and oxygen atoms in total. The van der Waals surface area contributed by atoms with Crippen molar-refractivity contribution in [2.45, 2.75) is 6.42 Å². The van der Waals surface area contributed by atoms with Crippen LogP contribution < -0.4 is 9.64 Å². The van der Waals surface area contributed by atoms with E-state index < -0.39 is 10.8 Å². The molecule has 134 valence electrons. The first-order valence-electron chi connectivity index (χ1n) is 8.59. The van der Waals surface area contributed by atoms with Crippen molar-refractivity contribution in [3.63, 3.8) is 0 Å². The molecular weight excluding hydrogens is 356 g/mol. The van der Waals surface area contributed by atoms with Crippen LogP contribution in [0.4, 0.5) is 5.69 Å². The van der Waals surface area contributed by atoms with Crippen LogP contribution in [0.2, 0.25) is 0 Å². The van der Waals surface area contributed by atoms with E-state index in [4.69, 9.17) is 10.1 Å². The zero-order valence-electron chi connectivity index (χ0n) is 14.5. The Balaban J connectivity index is 1.54. The van der Waals surface area contributed by atoms with Crippen LogP contribution in [0.25, 0.3) is 0 Å². The number of benzene rings is 2. The van der Waals surface area contributed by atoms with E-state index in [1.54, 1.807) is 11.1 Å². The van der Waals surface area contributed by atoms with Gasteiger partial charge in [-0.2, -0.15) is 0 Å². The predicted octanol–water partition coefficient (Wildman–Crippen LogP) is 5.27. The number of allylic oxidation sites excluding steroid dienone is 6. The SMILES string of the molecule is N=C1N(c2ccc(Oc3ccccc3)cc2)C=C(C=C2C=CC=CC2)S1=O. The zero-order valence-corrected chi connectivity index (χ0v) is 15.4. The molecule has 0 saturated heterocycles. The minimum atomic E-state index is -1.47. The van der Waals surface area contributed by atoms with Crippen LogP contribution in [0.15, 0.2) is 102 Å². The largest absolute Gasteiger partial charge is 0.457 e. The third-order valence-corrected chi connectivity index (χ3v) is 5.40. The summed E-state index contributed by atoms with van der Waals surface area (Å²) in [6, 6.07) is 17.0. The zero-order chi connectivity index (χ0) is 18.6. The van der Waals surface area contributed by atoms with Crippen LogP contribution in [-0.4, -0.2) is 9.38 Å². The van der Waals surface area contributed by atoms with Crippen LogP contribution in [0, 0.1) is 5.41 Å². The van der Waals surface area contributed by atoms with Crippen molar-refractivity contribution >= 4 is 21.7 Å². The fourth-order valence-electron chi connectivity index (χ4n) is 2.84. The van der Waals surface area contributed by atoms with E-state index in [2.05, 4.69) is 6.08 Å². The molecule has 1 heterocycles. The van der Waals surface area contributed by atoms with Gasteiger partial charge in [-0.25, -0.2) is 4.21 Å². The van der Waals surface area contributed by atoms with Crippen molar-refractivity contribution in [3.05, 3.63) is 102 Å². The predicted molar refractivity (Wildman–Crippen MR) is 110 cm³/mol. The normalized spacial score (nSPS) is 20.2. The Morgan fingerprint density at radius 2 is 1.74 bits per heavy atom. The van der Waals surface area contributed by atoms with Gasteiger partial charge in [0.05, 0.1) is 4.91 Å². The summed E-state index contributed by atoms with van der Waals surface area (Å²) < 4.78 is 18.3. The number of nitrogens with one attached hydrogen (secondary N) is 1. The fraction of sp³-hybridized carbons (Fsp3) is 0.0455. The highest BCUT2D eigenvalue weighted by Crippen LogP contribution is 2.29. The van der Waals surface area contributed by atoms with E-state index in [0.717, 1.165) is 23.4 Å². The van der Waals surface area contributed by atoms with Gasteiger partial charge < -0.3 is 4.74 Å². The lowest BCUT2D eigenvalue weighted by atomic mass is 10.1. The number of nitrogens with zero attached hydrogens (tertiary/aromatic N) is 1. The van der Waals surface area contributed by atoms with E-state index in [1.165, 1.54) is 0 Å². The number of hydrogen-bond donors (Lipinski definition) is 1. The average molecular weight is 374 g/mol. The number of ether oxygens (including phenoxy) is 1. The maximum absolute atomic E-state index is 12.5. The van der Waals surface area contributed by atoms with Gasteiger partial charge in [0.2, 0.25) is 5.17 Å². The molecule has 0 saturated carbocycles. The van der Waals surface area contributed by atoms with E-state index in [9.17, 15) is 4.21 Å². The van der Waals surface area contributed by atoms with Crippen molar-refractivity contribution < 1.29 is 8.95 Å². The van der Waals surface area contributed by atoms with E-state index in [1.807, 2.05) is 78.9 Å². The van der Waals surface area contributed by atoms with Crippen LogP contribution >= 0.6 is 0 Å².